The van der Waals surface area contributed by atoms with Crippen molar-refractivity contribution >= 4 is 23.6 Å². The zero-order chi connectivity index (χ0) is 20.2. The molecule has 0 radical (unpaired) electrons. The van der Waals surface area contributed by atoms with Gasteiger partial charge < -0.3 is 14.2 Å². The van der Waals surface area contributed by atoms with Gasteiger partial charge in [0.2, 0.25) is 5.89 Å². The Morgan fingerprint density at radius 1 is 1.10 bits per heavy atom. The Balaban J connectivity index is 1.34. The molecule has 0 unspecified atom stereocenters. The highest BCUT2D eigenvalue weighted by Gasteiger charge is 2.22. The van der Waals surface area contributed by atoms with E-state index in [1.54, 1.807) is 16.8 Å². The maximum absolute atomic E-state index is 10.8. The monoisotopic (exact) mass is 412 g/mol. The third-order valence-electron chi connectivity index (χ3n) is 5.12. The first-order valence-corrected chi connectivity index (χ1v) is 9.93. The number of non-ortho nitro benzene ring substituents is 1. The first-order valence-electron chi connectivity index (χ1n) is 9.52. The van der Waals surface area contributed by atoms with Gasteiger partial charge in [0, 0.05) is 17.8 Å². The van der Waals surface area contributed by atoms with Crippen molar-refractivity contribution in [2.45, 2.75) is 13.1 Å². The summed E-state index contributed by atoms with van der Waals surface area (Å²) in [6.07, 6.45) is 0.626. The molecule has 9 heteroatoms. The minimum Gasteiger partial charge on any atom is -0.413 e. The van der Waals surface area contributed by atoms with Crippen LogP contribution >= 0.6 is 12.2 Å². The molecule has 0 bridgehead atoms. The Morgan fingerprint density at radius 2 is 1.79 bits per heavy atom. The Hall–Kier alpha value is -3.04. The standard InChI is InChI=1S/C20H21N5O3S/c26-25(27)18-8-6-17(7-9-18)23-12-10-22(11-13-23)15-24-20(29)28-19(21-24)14-16-4-2-1-3-5-16/h1-9H,10-15H2/p+1. The molecule has 2 aromatic carbocycles. The van der Waals surface area contributed by atoms with E-state index in [0.29, 0.717) is 23.8 Å². The van der Waals surface area contributed by atoms with Gasteiger partial charge in [-0.05, 0) is 29.9 Å². The van der Waals surface area contributed by atoms with Crippen LogP contribution in [0.2, 0.25) is 0 Å². The summed E-state index contributed by atoms with van der Waals surface area (Å²) in [5, 5.41) is 15.4. The molecule has 3 aromatic rings. The number of hydrogen-bond donors (Lipinski definition) is 1. The van der Waals surface area contributed by atoms with Gasteiger partial charge in [-0.25, -0.2) is 0 Å². The molecule has 0 saturated carbocycles. The highest BCUT2D eigenvalue weighted by molar-refractivity contribution is 7.71. The fourth-order valence-electron chi connectivity index (χ4n) is 3.53. The Labute approximate surface area is 173 Å². The molecular formula is C20H22N5O3S+. The van der Waals surface area contributed by atoms with Gasteiger partial charge in [0.05, 0.1) is 37.5 Å². The minimum atomic E-state index is -0.376. The first kappa shape index (κ1) is 19.3. The second kappa shape index (κ2) is 8.54. The zero-order valence-corrected chi connectivity index (χ0v) is 16.7. The lowest BCUT2D eigenvalue weighted by atomic mass is 10.2. The lowest BCUT2D eigenvalue weighted by molar-refractivity contribution is -0.924. The first-order chi connectivity index (χ1) is 14.1. The maximum Gasteiger partial charge on any atom is 0.291 e. The summed E-state index contributed by atoms with van der Waals surface area (Å²) >= 11 is 5.35. The van der Waals surface area contributed by atoms with Gasteiger partial charge in [-0.2, -0.15) is 4.68 Å². The van der Waals surface area contributed by atoms with E-state index >= 15 is 0 Å². The average molecular weight is 412 g/mol. The van der Waals surface area contributed by atoms with Crippen molar-refractivity contribution in [2.24, 2.45) is 0 Å². The lowest BCUT2D eigenvalue weighted by Crippen LogP contribution is -3.14. The van der Waals surface area contributed by atoms with Gasteiger partial charge in [0.1, 0.15) is 0 Å². The number of aromatic nitrogens is 2. The lowest BCUT2D eigenvalue weighted by Gasteiger charge is -2.33. The average Bonchev–Trinajstić information content (AvgIpc) is 3.08. The van der Waals surface area contributed by atoms with Gasteiger partial charge in [-0.3, -0.25) is 10.1 Å². The summed E-state index contributed by atoms with van der Waals surface area (Å²) in [7, 11) is 0. The van der Waals surface area contributed by atoms with Crippen molar-refractivity contribution in [1.29, 1.82) is 0 Å². The second-order valence-corrected chi connectivity index (χ2v) is 7.44. The van der Waals surface area contributed by atoms with E-state index in [9.17, 15) is 10.1 Å². The predicted molar refractivity (Wildman–Crippen MR) is 111 cm³/mol. The quantitative estimate of drug-likeness (QED) is 0.379. The maximum atomic E-state index is 10.8. The Bertz CT molecular complexity index is 1020. The fourth-order valence-corrected chi connectivity index (χ4v) is 3.73. The number of piperazine rings is 1. The van der Waals surface area contributed by atoms with Crippen molar-refractivity contribution in [2.75, 3.05) is 31.1 Å². The zero-order valence-electron chi connectivity index (χ0n) is 15.9. The van der Waals surface area contributed by atoms with E-state index in [-0.39, 0.29) is 10.6 Å². The summed E-state index contributed by atoms with van der Waals surface area (Å²) in [6, 6.07) is 16.8. The second-order valence-electron chi connectivity index (χ2n) is 7.09. The van der Waals surface area contributed by atoms with Crippen LogP contribution < -0.4 is 9.80 Å². The molecule has 1 aliphatic rings. The number of nitrogens with one attached hydrogen (secondary N) is 1. The summed E-state index contributed by atoms with van der Waals surface area (Å²) in [5.74, 6) is 0.630. The molecule has 150 valence electrons. The van der Waals surface area contributed by atoms with Crippen molar-refractivity contribution in [3.8, 4) is 0 Å². The van der Waals surface area contributed by atoms with Gasteiger partial charge in [-0.15, -0.1) is 5.10 Å². The number of nitro benzene ring substituents is 1. The van der Waals surface area contributed by atoms with Crippen LogP contribution in [0.1, 0.15) is 11.5 Å². The fraction of sp³-hybridized carbons (Fsp3) is 0.300. The van der Waals surface area contributed by atoms with Crippen LogP contribution in [0.5, 0.6) is 0 Å². The molecule has 1 saturated heterocycles. The van der Waals surface area contributed by atoms with Crippen LogP contribution in [0.3, 0.4) is 0 Å². The van der Waals surface area contributed by atoms with E-state index < -0.39 is 0 Å². The smallest absolute Gasteiger partial charge is 0.291 e. The molecule has 0 spiro atoms. The highest BCUT2D eigenvalue weighted by Crippen LogP contribution is 2.19. The van der Waals surface area contributed by atoms with E-state index in [1.165, 1.54) is 4.90 Å². The molecule has 0 atom stereocenters. The van der Waals surface area contributed by atoms with E-state index in [2.05, 4.69) is 10.00 Å². The molecule has 1 aromatic heterocycles. The van der Waals surface area contributed by atoms with Crippen molar-refractivity contribution in [3.63, 3.8) is 0 Å². The number of benzene rings is 2. The third-order valence-corrected chi connectivity index (χ3v) is 5.41. The third kappa shape index (κ3) is 4.69. The molecular weight excluding hydrogens is 390 g/mol. The van der Waals surface area contributed by atoms with Crippen molar-refractivity contribution in [1.82, 2.24) is 9.78 Å². The SMILES string of the molecule is O=[N+]([O-])c1ccc(N2CC[NH+](Cn3nc(Cc4ccccc4)oc3=S)CC2)cc1. The number of hydrogen-bond acceptors (Lipinski definition) is 6. The molecule has 0 aliphatic carbocycles. The van der Waals surface area contributed by atoms with Gasteiger partial charge >= 0.3 is 0 Å². The molecule has 1 fully saturated rings. The predicted octanol–water partition coefficient (Wildman–Crippen LogP) is 2.07. The van der Waals surface area contributed by atoms with E-state index in [4.69, 9.17) is 16.6 Å². The summed E-state index contributed by atoms with van der Waals surface area (Å²) in [5.41, 5.74) is 2.27. The van der Waals surface area contributed by atoms with Gasteiger partial charge in [0.15, 0.2) is 6.67 Å². The van der Waals surface area contributed by atoms with Crippen LogP contribution in [-0.4, -0.2) is 40.9 Å². The normalized spacial score (nSPS) is 14.8. The van der Waals surface area contributed by atoms with Crippen molar-refractivity contribution < 1.29 is 14.2 Å². The molecule has 8 nitrogen and oxygen atoms in total. The number of anilines is 1. The minimum absolute atomic E-state index is 0.115. The van der Waals surface area contributed by atoms with Crippen LogP contribution in [0, 0.1) is 15.0 Å². The Morgan fingerprint density at radius 3 is 2.45 bits per heavy atom. The van der Waals surface area contributed by atoms with Crippen LogP contribution in [0.4, 0.5) is 11.4 Å². The number of quaternary nitrogens is 1. The highest BCUT2D eigenvalue weighted by atomic mass is 32.1. The van der Waals surface area contributed by atoms with Gasteiger partial charge in [-0.1, -0.05) is 30.3 Å². The molecule has 29 heavy (non-hydrogen) atoms. The van der Waals surface area contributed by atoms with Crippen molar-refractivity contribution in [3.05, 3.63) is 81.0 Å². The van der Waals surface area contributed by atoms with Crippen LogP contribution in [0.25, 0.3) is 0 Å². The summed E-state index contributed by atoms with van der Waals surface area (Å²) in [6.45, 7) is 4.27. The number of nitrogens with zero attached hydrogens (tertiary/aromatic N) is 4. The summed E-state index contributed by atoms with van der Waals surface area (Å²) < 4.78 is 7.44. The van der Waals surface area contributed by atoms with E-state index in [0.717, 1.165) is 37.4 Å². The molecule has 1 N–H and O–H groups in total. The van der Waals surface area contributed by atoms with Gasteiger partial charge in [0.25, 0.3) is 10.5 Å². The summed E-state index contributed by atoms with van der Waals surface area (Å²) in [4.78, 5) is 14.4. The molecule has 1 aliphatic heterocycles. The number of nitro groups is 1. The molecule has 2 heterocycles. The largest absolute Gasteiger partial charge is 0.413 e. The Kier molecular flexibility index (Phi) is 5.68. The van der Waals surface area contributed by atoms with Crippen LogP contribution in [0.15, 0.2) is 59.0 Å². The molecule has 4 rings (SSSR count). The topological polar surface area (TPSA) is 81.8 Å². The van der Waals surface area contributed by atoms with Crippen LogP contribution in [-0.2, 0) is 13.1 Å². The molecule has 0 amide bonds. The number of rotatable bonds is 6. The van der Waals surface area contributed by atoms with E-state index in [1.807, 2.05) is 42.5 Å².